The number of esters is 1. The molecule has 3 aromatic rings. The molecule has 0 aromatic heterocycles. The van der Waals surface area contributed by atoms with Gasteiger partial charge in [0.15, 0.2) is 6.61 Å². The molecule has 3 rings (SSSR count). The molecular formula is C23H18ClNO3. The van der Waals surface area contributed by atoms with E-state index in [1.807, 2.05) is 54.6 Å². The predicted octanol–water partition coefficient (Wildman–Crippen LogP) is 5.20. The van der Waals surface area contributed by atoms with Crippen LogP contribution >= 0.6 is 11.6 Å². The van der Waals surface area contributed by atoms with Gasteiger partial charge in [-0.2, -0.15) is 0 Å². The Kier molecular flexibility index (Phi) is 6.60. The Labute approximate surface area is 168 Å². The molecule has 1 N–H and O–H groups in total. The van der Waals surface area contributed by atoms with Crippen molar-refractivity contribution in [2.24, 2.45) is 0 Å². The van der Waals surface area contributed by atoms with Crippen molar-refractivity contribution in [1.29, 1.82) is 0 Å². The quantitative estimate of drug-likeness (QED) is 0.464. The van der Waals surface area contributed by atoms with Crippen molar-refractivity contribution in [2.75, 3.05) is 11.9 Å². The van der Waals surface area contributed by atoms with Crippen molar-refractivity contribution < 1.29 is 14.3 Å². The van der Waals surface area contributed by atoms with E-state index in [4.69, 9.17) is 16.3 Å². The van der Waals surface area contributed by atoms with Gasteiger partial charge in [-0.1, -0.05) is 72.3 Å². The molecule has 140 valence electrons. The Morgan fingerprint density at radius 1 is 0.929 bits per heavy atom. The minimum absolute atomic E-state index is 0.373. The lowest BCUT2D eigenvalue weighted by molar-refractivity contribution is -0.142. The topological polar surface area (TPSA) is 55.4 Å². The lowest BCUT2D eigenvalue weighted by Crippen LogP contribution is -2.20. The van der Waals surface area contributed by atoms with Gasteiger partial charge >= 0.3 is 5.97 Å². The minimum atomic E-state index is -0.605. The van der Waals surface area contributed by atoms with Crippen molar-refractivity contribution in [2.45, 2.75) is 0 Å². The number of nitrogens with one attached hydrogen (secondary N) is 1. The molecule has 28 heavy (non-hydrogen) atoms. The highest BCUT2D eigenvalue weighted by Crippen LogP contribution is 2.27. The number of anilines is 1. The number of amides is 1. The van der Waals surface area contributed by atoms with Crippen LogP contribution in [-0.4, -0.2) is 18.5 Å². The maximum atomic E-state index is 12.2. The van der Waals surface area contributed by atoms with E-state index in [2.05, 4.69) is 5.32 Å². The van der Waals surface area contributed by atoms with E-state index in [0.29, 0.717) is 10.7 Å². The highest BCUT2D eigenvalue weighted by molar-refractivity contribution is 6.30. The number of carbonyl (C=O) groups is 2. The smallest absolute Gasteiger partial charge is 0.331 e. The predicted molar refractivity (Wildman–Crippen MR) is 112 cm³/mol. The third-order valence-electron chi connectivity index (χ3n) is 3.89. The van der Waals surface area contributed by atoms with Crippen LogP contribution in [0.15, 0.2) is 84.9 Å². The number of hydrogen-bond donors (Lipinski definition) is 1. The minimum Gasteiger partial charge on any atom is -0.452 e. The van der Waals surface area contributed by atoms with E-state index in [1.165, 1.54) is 6.08 Å². The van der Waals surface area contributed by atoms with E-state index in [9.17, 15) is 9.59 Å². The number of para-hydroxylation sites is 1. The SMILES string of the molecule is O=C(COC(=O)/C=C/c1cccc(Cl)c1)Nc1ccccc1-c1ccccc1. The third-order valence-corrected chi connectivity index (χ3v) is 4.13. The maximum Gasteiger partial charge on any atom is 0.331 e. The fourth-order valence-corrected chi connectivity index (χ4v) is 2.81. The second kappa shape index (κ2) is 9.53. The van der Waals surface area contributed by atoms with Crippen LogP contribution in [0.5, 0.6) is 0 Å². The zero-order chi connectivity index (χ0) is 19.8. The van der Waals surface area contributed by atoms with Gasteiger partial charge in [0.05, 0.1) is 0 Å². The molecule has 1 amide bonds. The van der Waals surface area contributed by atoms with Crippen LogP contribution in [0.1, 0.15) is 5.56 Å². The second-order valence-corrected chi connectivity index (χ2v) is 6.39. The monoisotopic (exact) mass is 391 g/mol. The molecule has 0 saturated carbocycles. The summed E-state index contributed by atoms with van der Waals surface area (Å²) in [5.41, 5.74) is 3.30. The van der Waals surface area contributed by atoms with Crippen molar-refractivity contribution >= 4 is 35.2 Å². The van der Waals surface area contributed by atoms with Gasteiger partial charge in [-0.05, 0) is 35.4 Å². The summed E-state index contributed by atoms with van der Waals surface area (Å²) in [7, 11) is 0. The largest absolute Gasteiger partial charge is 0.452 e. The summed E-state index contributed by atoms with van der Waals surface area (Å²) in [4.78, 5) is 24.0. The van der Waals surface area contributed by atoms with E-state index < -0.39 is 11.9 Å². The van der Waals surface area contributed by atoms with Crippen LogP contribution in [0, 0.1) is 0 Å². The Morgan fingerprint density at radius 2 is 1.68 bits per heavy atom. The lowest BCUT2D eigenvalue weighted by atomic mass is 10.0. The molecule has 0 saturated heterocycles. The first-order chi connectivity index (χ1) is 13.6. The van der Waals surface area contributed by atoms with Gasteiger partial charge in [0.1, 0.15) is 0 Å². The van der Waals surface area contributed by atoms with E-state index in [1.54, 1.807) is 30.3 Å². The van der Waals surface area contributed by atoms with Crippen LogP contribution in [0.2, 0.25) is 5.02 Å². The molecule has 0 aliphatic rings. The fraction of sp³-hybridized carbons (Fsp3) is 0.0435. The zero-order valence-electron chi connectivity index (χ0n) is 15.0. The third kappa shape index (κ3) is 5.56. The van der Waals surface area contributed by atoms with Gasteiger partial charge in [-0.3, -0.25) is 4.79 Å². The lowest BCUT2D eigenvalue weighted by Gasteiger charge is -2.11. The zero-order valence-corrected chi connectivity index (χ0v) is 15.7. The van der Waals surface area contributed by atoms with Gasteiger partial charge in [0.2, 0.25) is 0 Å². The maximum absolute atomic E-state index is 12.2. The van der Waals surface area contributed by atoms with Gasteiger partial charge < -0.3 is 10.1 Å². The molecule has 0 bridgehead atoms. The summed E-state index contributed by atoms with van der Waals surface area (Å²) in [6, 6.07) is 24.2. The van der Waals surface area contributed by atoms with Crippen molar-refractivity contribution in [3.05, 3.63) is 95.5 Å². The highest BCUT2D eigenvalue weighted by atomic mass is 35.5. The van der Waals surface area contributed by atoms with Gasteiger partial charge in [0, 0.05) is 22.3 Å². The van der Waals surface area contributed by atoms with Crippen LogP contribution in [-0.2, 0) is 14.3 Å². The summed E-state index contributed by atoms with van der Waals surface area (Å²) >= 11 is 5.89. The number of halogens is 1. The number of benzene rings is 3. The normalized spacial score (nSPS) is 10.6. The number of ether oxygens (including phenoxy) is 1. The van der Waals surface area contributed by atoms with Crippen LogP contribution in [0.3, 0.4) is 0 Å². The molecule has 0 radical (unpaired) electrons. The van der Waals surface area contributed by atoms with Gasteiger partial charge in [-0.15, -0.1) is 0 Å². The van der Waals surface area contributed by atoms with E-state index in [-0.39, 0.29) is 6.61 Å². The number of rotatable bonds is 6. The van der Waals surface area contributed by atoms with E-state index in [0.717, 1.165) is 16.7 Å². The average molecular weight is 392 g/mol. The Bertz CT molecular complexity index is 999. The average Bonchev–Trinajstić information content (AvgIpc) is 2.72. The van der Waals surface area contributed by atoms with Crippen LogP contribution in [0.4, 0.5) is 5.69 Å². The number of hydrogen-bond acceptors (Lipinski definition) is 3. The highest BCUT2D eigenvalue weighted by Gasteiger charge is 2.09. The van der Waals surface area contributed by atoms with Crippen molar-refractivity contribution in [1.82, 2.24) is 0 Å². The molecule has 0 aliphatic carbocycles. The summed E-state index contributed by atoms with van der Waals surface area (Å²) in [5.74, 6) is -1.01. The molecule has 5 heteroatoms. The summed E-state index contributed by atoms with van der Waals surface area (Å²) in [5, 5.41) is 3.36. The Morgan fingerprint density at radius 3 is 2.46 bits per heavy atom. The second-order valence-electron chi connectivity index (χ2n) is 5.96. The van der Waals surface area contributed by atoms with Crippen LogP contribution < -0.4 is 5.32 Å². The first-order valence-corrected chi connectivity index (χ1v) is 9.04. The Balaban J connectivity index is 1.57. The molecule has 0 aliphatic heterocycles. The van der Waals surface area contributed by atoms with Gasteiger partial charge in [-0.25, -0.2) is 4.79 Å². The Hall–Kier alpha value is -3.37. The standard InChI is InChI=1S/C23H18ClNO3/c24-19-10-6-7-17(15-19)13-14-23(27)28-16-22(26)25-21-12-5-4-11-20(21)18-8-2-1-3-9-18/h1-15H,16H2,(H,25,26)/b14-13+. The molecule has 0 spiro atoms. The fourth-order valence-electron chi connectivity index (χ4n) is 2.61. The molecule has 0 fully saturated rings. The molecule has 0 unspecified atom stereocenters. The molecule has 0 heterocycles. The van der Waals surface area contributed by atoms with Gasteiger partial charge in [0.25, 0.3) is 5.91 Å². The first kappa shape index (κ1) is 19.4. The molecule has 3 aromatic carbocycles. The molecule has 4 nitrogen and oxygen atoms in total. The first-order valence-electron chi connectivity index (χ1n) is 8.66. The number of carbonyl (C=O) groups excluding carboxylic acids is 2. The van der Waals surface area contributed by atoms with E-state index >= 15 is 0 Å². The van der Waals surface area contributed by atoms with Crippen LogP contribution in [0.25, 0.3) is 17.2 Å². The molecular weight excluding hydrogens is 374 g/mol. The molecule has 0 atom stereocenters. The van der Waals surface area contributed by atoms with Crippen molar-refractivity contribution in [3.63, 3.8) is 0 Å². The van der Waals surface area contributed by atoms with Crippen molar-refractivity contribution in [3.8, 4) is 11.1 Å². The summed E-state index contributed by atoms with van der Waals surface area (Å²) in [6.45, 7) is -0.373. The summed E-state index contributed by atoms with van der Waals surface area (Å²) < 4.78 is 5.00. The summed E-state index contributed by atoms with van der Waals surface area (Å²) in [6.07, 6.45) is 2.84.